The summed E-state index contributed by atoms with van der Waals surface area (Å²) >= 11 is 0. The molecule has 0 heterocycles. The Labute approximate surface area is 123 Å². The fourth-order valence-corrected chi connectivity index (χ4v) is 1.88. The van der Waals surface area contributed by atoms with Gasteiger partial charge in [0.25, 0.3) is 0 Å². The Morgan fingerprint density at radius 2 is 2.10 bits per heavy atom. The molecule has 0 aliphatic heterocycles. The fourth-order valence-electron chi connectivity index (χ4n) is 1.88. The number of esters is 2. The van der Waals surface area contributed by atoms with Gasteiger partial charge in [-0.05, 0) is 18.6 Å². The summed E-state index contributed by atoms with van der Waals surface area (Å²) in [6, 6.07) is 6.52. The monoisotopic (exact) mass is 284 g/mol. The molecule has 1 aromatic rings. The number of ether oxygens (including phenoxy) is 2. The average molecular weight is 284 g/mol. The molecule has 0 aromatic heterocycles. The van der Waals surface area contributed by atoms with Crippen LogP contribution in [0.2, 0.25) is 0 Å². The molecule has 2 rings (SSSR count). The maximum absolute atomic E-state index is 12.1. The van der Waals surface area contributed by atoms with Crippen molar-refractivity contribution in [2.45, 2.75) is 6.42 Å². The molecule has 1 aliphatic rings. The van der Waals surface area contributed by atoms with Crippen LogP contribution >= 0.6 is 0 Å². The van der Waals surface area contributed by atoms with Gasteiger partial charge in [0.1, 0.15) is 17.9 Å². The SMILES string of the molecule is C=CCOC(=O)c1ccccc1OC(=O)C1C=CC=CC1. The lowest BCUT2D eigenvalue weighted by Crippen LogP contribution is -2.20. The number of carbonyl (C=O) groups is 2. The molecule has 1 aliphatic carbocycles. The first-order chi connectivity index (χ1) is 10.2. The Hall–Kier alpha value is -2.62. The summed E-state index contributed by atoms with van der Waals surface area (Å²) < 4.78 is 10.3. The first-order valence-corrected chi connectivity index (χ1v) is 6.64. The Morgan fingerprint density at radius 3 is 2.81 bits per heavy atom. The van der Waals surface area contributed by atoms with Gasteiger partial charge in [-0.3, -0.25) is 4.79 Å². The summed E-state index contributed by atoms with van der Waals surface area (Å²) in [6.07, 6.45) is 9.44. The van der Waals surface area contributed by atoms with Crippen LogP contribution in [-0.2, 0) is 9.53 Å². The molecule has 21 heavy (non-hydrogen) atoms. The molecule has 1 atom stereocenters. The van der Waals surface area contributed by atoms with Crippen LogP contribution in [0.4, 0.5) is 0 Å². The van der Waals surface area contributed by atoms with E-state index in [9.17, 15) is 9.59 Å². The lowest BCUT2D eigenvalue weighted by Gasteiger charge is -2.14. The second kappa shape index (κ2) is 7.24. The van der Waals surface area contributed by atoms with E-state index in [0.29, 0.717) is 6.42 Å². The fraction of sp³-hybridized carbons (Fsp3) is 0.176. The Bertz CT molecular complexity index is 599. The second-order valence-electron chi connectivity index (χ2n) is 4.46. The van der Waals surface area contributed by atoms with Crippen molar-refractivity contribution in [1.29, 1.82) is 0 Å². The van der Waals surface area contributed by atoms with Crippen LogP contribution in [0, 0.1) is 5.92 Å². The molecule has 1 aromatic carbocycles. The Morgan fingerprint density at radius 1 is 1.29 bits per heavy atom. The van der Waals surface area contributed by atoms with E-state index in [4.69, 9.17) is 9.47 Å². The van der Waals surface area contributed by atoms with E-state index in [1.165, 1.54) is 6.08 Å². The molecule has 108 valence electrons. The van der Waals surface area contributed by atoms with Crippen molar-refractivity contribution in [3.63, 3.8) is 0 Å². The highest BCUT2D eigenvalue weighted by molar-refractivity contribution is 5.93. The van der Waals surface area contributed by atoms with Gasteiger partial charge < -0.3 is 9.47 Å². The van der Waals surface area contributed by atoms with E-state index in [2.05, 4.69) is 6.58 Å². The average Bonchev–Trinajstić information content (AvgIpc) is 2.54. The van der Waals surface area contributed by atoms with Gasteiger partial charge in [-0.2, -0.15) is 0 Å². The number of benzene rings is 1. The topological polar surface area (TPSA) is 52.6 Å². The Kier molecular flexibility index (Phi) is 5.10. The van der Waals surface area contributed by atoms with Gasteiger partial charge in [0.2, 0.25) is 0 Å². The standard InChI is InChI=1S/C17H16O4/c1-2-12-20-17(19)14-10-6-7-11-15(14)21-16(18)13-8-4-3-5-9-13/h2-8,10-11,13H,1,9,12H2. The zero-order valence-electron chi connectivity index (χ0n) is 11.5. The summed E-state index contributed by atoms with van der Waals surface area (Å²) in [5.74, 6) is -1.05. The van der Waals surface area contributed by atoms with E-state index in [1.807, 2.05) is 12.2 Å². The van der Waals surface area contributed by atoms with Crippen molar-refractivity contribution in [3.05, 3.63) is 66.8 Å². The van der Waals surface area contributed by atoms with E-state index in [-0.39, 0.29) is 29.8 Å². The highest BCUT2D eigenvalue weighted by Gasteiger charge is 2.21. The predicted octanol–water partition coefficient (Wildman–Crippen LogP) is 3.07. The zero-order valence-corrected chi connectivity index (χ0v) is 11.5. The minimum atomic E-state index is -0.544. The number of para-hydroxylation sites is 1. The summed E-state index contributed by atoms with van der Waals surface area (Å²) in [5.41, 5.74) is 0.225. The summed E-state index contributed by atoms with van der Waals surface area (Å²) in [4.78, 5) is 24.0. The molecule has 0 saturated heterocycles. The van der Waals surface area contributed by atoms with E-state index in [0.717, 1.165) is 0 Å². The molecule has 1 unspecified atom stereocenters. The largest absolute Gasteiger partial charge is 0.458 e. The lowest BCUT2D eigenvalue weighted by atomic mass is 10.0. The summed E-state index contributed by atoms with van der Waals surface area (Å²) in [5, 5.41) is 0. The molecular weight excluding hydrogens is 268 g/mol. The quantitative estimate of drug-likeness (QED) is 0.474. The molecule has 0 radical (unpaired) electrons. The molecule has 0 saturated carbocycles. The highest BCUT2D eigenvalue weighted by Crippen LogP contribution is 2.22. The van der Waals surface area contributed by atoms with Crippen molar-refractivity contribution < 1.29 is 19.1 Å². The van der Waals surface area contributed by atoms with E-state index < -0.39 is 5.97 Å². The first-order valence-electron chi connectivity index (χ1n) is 6.64. The molecule has 0 amide bonds. The van der Waals surface area contributed by atoms with Crippen molar-refractivity contribution in [2.75, 3.05) is 6.61 Å². The number of hydrogen-bond donors (Lipinski definition) is 0. The number of hydrogen-bond acceptors (Lipinski definition) is 4. The van der Waals surface area contributed by atoms with E-state index in [1.54, 1.807) is 36.4 Å². The van der Waals surface area contributed by atoms with E-state index >= 15 is 0 Å². The van der Waals surface area contributed by atoms with Crippen molar-refractivity contribution in [3.8, 4) is 5.75 Å². The van der Waals surface area contributed by atoms with Crippen molar-refractivity contribution in [2.24, 2.45) is 5.92 Å². The number of carbonyl (C=O) groups excluding carboxylic acids is 2. The van der Waals surface area contributed by atoms with Crippen LogP contribution < -0.4 is 4.74 Å². The van der Waals surface area contributed by atoms with Crippen LogP contribution in [0.15, 0.2) is 61.2 Å². The van der Waals surface area contributed by atoms with Crippen LogP contribution in [-0.4, -0.2) is 18.5 Å². The van der Waals surface area contributed by atoms with Crippen LogP contribution in [0.1, 0.15) is 16.8 Å². The van der Waals surface area contributed by atoms with Crippen molar-refractivity contribution in [1.82, 2.24) is 0 Å². The molecule has 0 bridgehead atoms. The predicted molar refractivity (Wildman–Crippen MR) is 78.9 cm³/mol. The minimum Gasteiger partial charge on any atom is -0.458 e. The summed E-state index contributed by atoms with van der Waals surface area (Å²) in [6.45, 7) is 3.59. The maximum Gasteiger partial charge on any atom is 0.342 e. The van der Waals surface area contributed by atoms with Crippen LogP contribution in [0.5, 0.6) is 5.75 Å². The molecule has 0 spiro atoms. The lowest BCUT2D eigenvalue weighted by molar-refractivity contribution is -0.137. The first kappa shape index (κ1) is 14.8. The smallest absolute Gasteiger partial charge is 0.342 e. The third kappa shape index (κ3) is 3.92. The molecule has 0 fully saturated rings. The van der Waals surface area contributed by atoms with Gasteiger partial charge in [0.15, 0.2) is 0 Å². The van der Waals surface area contributed by atoms with Gasteiger partial charge >= 0.3 is 11.9 Å². The second-order valence-corrected chi connectivity index (χ2v) is 4.46. The Balaban J connectivity index is 2.10. The molecule has 4 heteroatoms. The van der Waals surface area contributed by atoms with Crippen LogP contribution in [0.3, 0.4) is 0 Å². The van der Waals surface area contributed by atoms with Gasteiger partial charge in [0.05, 0.1) is 5.92 Å². The van der Waals surface area contributed by atoms with Gasteiger partial charge in [0, 0.05) is 0 Å². The van der Waals surface area contributed by atoms with Crippen molar-refractivity contribution >= 4 is 11.9 Å². The molecule has 4 nitrogen and oxygen atoms in total. The normalized spacial score (nSPS) is 16.3. The van der Waals surface area contributed by atoms with Gasteiger partial charge in [-0.15, -0.1) is 0 Å². The third-order valence-corrected chi connectivity index (χ3v) is 2.93. The van der Waals surface area contributed by atoms with Gasteiger partial charge in [-0.25, -0.2) is 4.79 Å². The van der Waals surface area contributed by atoms with Gasteiger partial charge in [-0.1, -0.05) is 49.1 Å². The van der Waals surface area contributed by atoms with Crippen LogP contribution in [0.25, 0.3) is 0 Å². The summed E-state index contributed by atoms with van der Waals surface area (Å²) in [7, 11) is 0. The maximum atomic E-state index is 12.1. The third-order valence-electron chi connectivity index (χ3n) is 2.93. The minimum absolute atomic E-state index is 0.108. The zero-order chi connectivity index (χ0) is 15.1. The number of allylic oxidation sites excluding steroid dienone is 3. The molecular formula is C17H16O4. The number of rotatable bonds is 5. The molecule has 0 N–H and O–H groups in total. The highest BCUT2D eigenvalue weighted by atomic mass is 16.5.